The summed E-state index contributed by atoms with van der Waals surface area (Å²) < 4.78 is 26.6. The van der Waals surface area contributed by atoms with Crippen molar-refractivity contribution in [2.45, 2.75) is 25.2 Å². The highest BCUT2D eigenvalue weighted by molar-refractivity contribution is 9.10. The normalized spacial score (nSPS) is 12.1. The van der Waals surface area contributed by atoms with Crippen molar-refractivity contribution in [2.24, 2.45) is 0 Å². The molecule has 0 aliphatic carbocycles. The smallest absolute Gasteiger partial charge is 0.242 e. The molecule has 0 saturated carbocycles. The molecule has 0 N–H and O–H groups in total. The molecule has 96 valence electrons. The van der Waals surface area contributed by atoms with E-state index in [1.165, 1.54) is 16.6 Å². The fraction of sp³-hybridized carbons (Fsp3) is 0.500. The van der Waals surface area contributed by atoms with E-state index in [2.05, 4.69) is 20.9 Å². The van der Waals surface area contributed by atoms with E-state index >= 15 is 0 Å². The van der Waals surface area contributed by atoms with E-state index in [9.17, 15) is 8.42 Å². The van der Waals surface area contributed by atoms with Gasteiger partial charge in [-0.05, 0) is 28.4 Å². The lowest BCUT2D eigenvalue weighted by Gasteiger charge is -2.20. The Morgan fingerprint density at radius 3 is 2.65 bits per heavy atom. The lowest BCUT2D eigenvalue weighted by Crippen LogP contribution is -2.31. The molecule has 1 heterocycles. The number of sulfonamides is 1. The van der Waals surface area contributed by atoms with Crippen molar-refractivity contribution < 1.29 is 8.42 Å². The number of pyridine rings is 1. The van der Waals surface area contributed by atoms with Gasteiger partial charge >= 0.3 is 0 Å². The molecule has 0 unspecified atom stereocenters. The van der Waals surface area contributed by atoms with Crippen LogP contribution in [0.2, 0.25) is 5.15 Å². The van der Waals surface area contributed by atoms with Gasteiger partial charge in [-0.25, -0.2) is 13.4 Å². The molecule has 0 atom stereocenters. The van der Waals surface area contributed by atoms with Crippen LogP contribution in [0.5, 0.6) is 0 Å². The van der Waals surface area contributed by atoms with Gasteiger partial charge in [-0.15, -0.1) is 0 Å². The van der Waals surface area contributed by atoms with E-state index in [1.807, 2.05) is 6.92 Å². The van der Waals surface area contributed by atoms with E-state index in [0.717, 1.165) is 6.42 Å². The van der Waals surface area contributed by atoms with Gasteiger partial charge in [0.25, 0.3) is 0 Å². The summed E-state index contributed by atoms with van der Waals surface area (Å²) >= 11 is 9.04. The van der Waals surface area contributed by atoms with Crippen molar-refractivity contribution in [3.63, 3.8) is 0 Å². The summed E-state index contributed by atoms with van der Waals surface area (Å²) in [7, 11) is -3.56. The standard InChI is InChI=1S/C10H14BrClN2O2S/c1-3-5-14(4-2)17(15,16)9-6-8(11)7-13-10(9)12/h6-7H,3-5H2,1-2H3. The molecule has 1 aromatic rings. The Balaban J connectivity index is 3.24. The minimum atomic E-state index is -3.56. The molecular formula is C10H14BrClN2O2S. The summed E-state index contributed by atoms with van der Waals surface area (Å²) in [4.78, 5) is 3.88. The van der Waals surface area contributed by atoms with Gasteiger partial charge in [0.15, 0.2) is 0 Å². The highest BCUT2D eigenvalue weighted by Gasteiger charge is 2.25. The van der Waals surface area contributed by atoms with E-state index < -0.39 is 10.0 Å². The van der Waals surface area contributed by atoms with Crippen LogP contribution in [0.1, 0.15) is 20.3 Å². The van der Waals surface area contributed by atoms with Crippen LogP contribution in [0.15, 0.2) is 21.6 Å². The van der Waals surface area contributed by atoms with Crippen LogP contribution >= 0.6 is 27.5 Å². The monoisotopic (exact) mass is 340 g/mol. The third-order valence-electron chi connectivity index (χ3n) is 2.22. The Morgan fingerprint density at radius 2 is 2.12 bits per heavy atom. The van der Waals surface area contributed by atoms with Crippen LogP contribution in [0.3, 0.4) is 0 Å². The highest BCUT2D eigenvalue weighted by atomic mass is 79.9. The summed E-state index contributed by atoms with van der Waals surface area (Å²) in [5.41, 5.74) is 0. The molecule has 0 aromatic carbocycles. The molecule has 7 heteroatoms. The Bertz CT molecular complexity index is 493. The molecule has 0 radical (unpaired) electrons. The number of halogens is 2. The molecule has 0 aliphatic heterocycles. The van der Waals surface area contributed by atoms with E-state index in [1.54, 1.807) is 6.92 Å². The van der Waals surface area contributed by atoms with Crippen molar-refractivity contribution in [2.75, 3.05) is 13.1 Å². The number of rotatable bonds is 5. The van der Waals surface area contributed by atoms with Gasteiger partial charge in [0.1, 0.15) is 10.0 Å². The second-order valence-electron chi connectivity index (χ2n) is 3.44. The van der Waals surface area contributed by atoms with Crippen LogP contribution in [-0.4, -0.2) is 30.8 Å². The maximum Gasteiger partial charge on any atom is 0.246 e. The van der Waals surface area contributed by atoms with Crippen LogP contribution in [0.4, 0.5) is 0 Å². The van der Waals surface area contributed by atoms with Crippen LogP contribution < -0.4 is 0 Å². The van der Waals surface area contributed by atoms with Gasteiger partial charge in [-0.1, -0.05) is 25.4 Å². The lowest BCUT2D eigenvalue weighted by atomic mass is 10.5. The molecule has 1 aromatic heterocycles. The Kier molecular flexibility index (Phi) is 5.37. The second-order valence-corrected chi connectivity index (χ2v) is 6.62. The topological polar surface area (TPSA) is 50.3 Å². The third-order valence-corrected chi connectivity index (χ3v) is 5.05. The Morgan fingerprint density at radius 1 is 1.47 bits per heavy atom. The van der Waals surface area contributed by atoms with Crippen molar-refractivity contribution in [1.29, 1.82) is 0 Å². The first kappa shape index (κ1) is 14.9. The van der Waals surface area contributed by atoms with E-state index in [4.69, 9.17) is 11.6 Å². The minimum absolute atomic E-state index is 0.00255. The first-order chi connectivity index (χ1) is 7.93. The summed E-state index contributed by atoms with van der Waals surface area (Å²) in [5, 5.41) is 0.00255. The molecular weight excluding hydrogens is 328 g/mol. The van der Waals surface area contributed by atoms with Crippen molar-refractivity contribution in [1.82, 2.24) is 9.29 Å². The van der Waals surface area contributed by atoms with Gasteiger partial charge in [0.05, 0.1) is 0 Å². The van der Waals surface area contributed by atoms with Crippen LogP contribution in [0.25, 0.3) is 0 Å². The number of hydrogen-bond acceptors (Lipinski definition) is 3. The SMILES string of the molecule is CCCN(CC)S(=O)(=O)c1cc(Br)cnc1Cl. The molecule has 0 fully saturated rings. The number of aromatic nitrogens is 1. The van der Waals surface area contributed by atoms with Gasteiger partial charge < -0.3 is 0 Å². The maximum atomic E-state index is 12.3. The fourth-order valence-electron chi connectivity index (χ4n) is 1.42. The fourth-order valence-corrected chi connectivity index (χ4v) is 3.88. The van der Waals surface area contributed by atoms with Gasteiger partial charge in [-0.2, -0.15) is 4.31 Å². The zero-order chi connectivity index (χ0) is 13.1. The third kappa shape index (κ3) is 3.40. The first-order valence-electron chi connectivity index (χ1n) is 5.24. The Hall–Kier alpha value is -0.170. The zero-order valence-electron chi connectivity index (χ0n) is 9.65. The number of nitrogens with zero attached hydrogens (tertiary/aromatic N) is 2. The Labute approximate surface area is 115 Å². The van der Waals surface area contributed by atoms with E-state index in [0.29, 0.717) is 17.6 Å². The summed E-state index contributed by atoms with van der Waals surface area (Å²) in [6, 6.07) is 1.48. The van der Waals surface area contributed by atoms with Crippen LogP contribution in [-0.2, 0) is 10.0 Å². The van der Waals surface area contributed by atoms with Gasteiger partial charge in [-0.3, -0.25) is 0 Å². The van der Waals surface area contributed by atoms with Crippen molar-refractivity contribution in [3.05, 3.63) is 21.9 Å². The number of hydrogen-bond donors (Lipinski definition) is 0. The maximum absolute atomic E-state index is 12.3. The predicted molar refractivity (Wildman–Crippen MR) is 71.7 cm³/mol. The molecule has 0 bridgehead atoms. The molecule has 17 heavy (non-hydrogen) atoms. The zero-order valence-corrected chi connectivity index (χ0v) is 12.8. The summed E-state index contributed by atoms with van der Waals surface area (Å²) in [5.74, 6) is 0. The molecule has 0 saturated heterocycles. The molecule has 0 amide bonds. The van der Waals surface area contributed by atoms with Crippen LogP contribution in [0, 0.1) is 0 Å². The molecule has 1 rings (SSSR count). The average Bonchev–Trinajstić information content (AvgIpc) is 2.28. The quantitative estimate of drug-likeness (QED) is 0.774. The average molecular weight is 342 g/mol. The lowest BCUT2D eigenvalue weighted by molar-refractivity contribution is 0.427. The second kappa shape index (κ2) is 6.13. The first-order valence-corrected chi connectivity index (χ1v) is 7.85. The highest BCUT2D eigenvalue weighted by Crippen LogP contribution is 2.25. The predicted octanol–water partition coefficient (Wildman–Crippen LogP) is 2.92. The van der Waals surface area contributed by atoms with Crippen molar-refractivity contribution in [3.8, 4) is 0 Å². The summed E-state index contributed by atoms with van der Waals surface area (Å²) in [6.45, 7) is 4.62. The summed E-state index contributed by atoms with van der Waals surface area (Å²) in [6.07, 6.45) is 2.23. The minimum Gasteiger partial charge on any atom is -0.242 e. The molecule has 4 nitrogen and oxygen atoms in total. The molecule has 0 aliphatic rings. The van der Waals surface area contributed by atoms with Gasteiger partial charge in [0, 0.05) is 23.8 Å². The van der Waals surface area contributed by atoms with Crippen molar-refractivity contribution >= 4 is 37.6 Å². The van der Waals surface area contributed by atoms with E-state index in [-0.39, 0.29) is 10.0 Å². The van der Waals surface area contributed by atoms with Gasteiger partial charge in [0.2, 0.25) is 10.0 Å². The largest absolute Gasteiger partial charge is 0.246 e. The molecule has 0 spiro atoms.